The molecule has 0 radical (unpaired) electrons. The number of nitrogens with one attached hydrogen (secondary N) is 2. The molecule has 4 aromatic rings. The molecular formula is C25H23N5O2S. The van der Waals surface area contributed by atoms with Crippen LogP contribution >= 0.6 is 11.8 Å². The van der Waals surface area contributed by atoms with Gasteiger partial charge in [-0.15, -0.1) is 10.2 Å². The number of rotatable bonds is 5. The van der Waals surface area contributed by atoms with Gasteiger partial charge in [-0.3, -0.25) is 4.79 Å². The Hall–Kier alpha value is -3.78. The van der Waals surface area contributed by atoms with E-state index in [4.69, 9.17) is 4.74 Å². The van der Waals surface area contributed by atoms with Crippen molar-refractivity contribution in [2.45, 2.75) is 23.4 Å². The summed E-state index contributed by atoms with van der Waals surface area (Å²) < 4.78 is 7.18. The molecule has 0 aliphatic carbocycles. The summed E-state index contributed by atoms with van der Waals surface area (Å²) in [6.07, 6.45) is 0. The molecule has 1 amide bonds. The number of hydrogen-bond acceptors (Lipinski definition) is 6. The number of fused-ring (bicyclic) bond motifs is 1. The van der Waals surface area contributed by atoms with E-state index in [1.165, 1.54) is 11.8 Å². The highest BCUT2D eigenvalue weighted by Crippen LogP contribution is 2.39. The number of aryl methyl sites for hydroxylation is 1. The van der Waals surface area contributed by atoms with E-state index in [-0.39, 0.29) is 11.9 Å². The number of nitrogens with zero attached hydrogens (tertiary/aromatic N) is 3. The molecular weight excluding hydrogens is 434 g/mol. The summed E-state index contributed by atoms with van der Waals surface area (Å²) in [6, 6.07) is 25.1. The van der Waals surface area contributed by atoms with Crippen molar-refractivity contribution in [2.24, 2.45) is 0 Å². The molecule has 2 atom stereocenters. The van der Waals surface area contributed by atoms with Crippen LogP contribution in [0.3, 0.4) is 0 Å². The molecule has 0 bridgehead atoms. The molecule has 0 saturated carbocycles. The second kappa shape index (κ2) is 8.99. The Morgan fingerprint density at radius 2 is 1.73 bits per heavy atom. The fraction of sp³-hybridized carbons (Fsp3) is 0.160. The molecule has 2 N–H and O–H groups in total. The van der Waals surface area contributed by atoms with Crippen LogP contribution in [-0.2, 0) is 4.79 Å². The summed E-state index contributed by atoms with van der Waals surface area (Å²) in [7, 11) is 1.64. The summed E-state index contributed by atoms with van der Waals surface area (Å²) in [5.41, 5.74) is 7.22. The number of thioether (sulfide) groups is 1. The van der Waals surface area contributed by atoms with Crippen molar-refractivity contribution in [1.29, 1.82) is 0 Å². The summed E-state index contributed by atoms with van der Waals surface area (Å²) in [5.74, 6) is 1.37. The summed E-state index contributed by atoms with van der Waals surface area (Å²) in [4.78, 5) is 13.5. The van der Waals surface area contributed by atoms with Gasteiger partial charge in [0.2, 0.25) is 11.1 Å². The summed E-state index contributed by atoms with van der Waals surface area (Å²) in [5, 5.41) is 12.0. The van der Waals surface area contributed by atoms with Crippen LogP contribution in [0.1, 0.15) is 17.2 Å². The minimum atomic E-state index is -0.460. The maximum atomic E-state index is 13.5. The molecule has 33 heavy (non-hydrogen) atoms. The molecule has 1 aromatic heterocycles. The number of aromatic nitrogens is 3. The second-order valence-corrected chi connectivity index (χ2v) is 8.84. The van der Waals surface area contributed by atoms with Crippen molar-refractivity contribution < 1.29 is 9.53 Å². The molecule has 1 aliphatic rings. The Labute approximate surface area is 196 Å². The third kappa shape index (κ3) is 4.17. The average molecular weight is 458 g/mol. The van der Waals surface area contributed by atoms with Crippen molar-refractivity contribution in [2.75, 3.05) is 17.9 Å². The molecule has 0 spiro atoms. The Morgan fingerprint density at radius 3 is 2.45 bits per heavy atom. The molecule has 0 fully saturated rings. The summed E-state index contributed by atoms with van der Waals surface area (Å²) in [6.45, 7) is 1.98. The maximum Gasteiger partial charge on any atom is 0.240 e. The molecule has 5 rings (SSSR count). The first kappa shape index (κ1) is 21.1. The molecule has 2 heterocycles. The molecule has 1 aliphatic heterocycles. The first-order chi connectivity index (χ1) is 16.1. The summed E-state index contributed by atoms with van der Waals surface area (Å²) >= 11 is 1.40. The third-order valence-corrected chi connectivity index (χ3v) is 6.82. The Balaban J connectivity index is 1.52. The fourth-order valence-electron chi connectivity index (χ4n) is 3.81. The van der Waals surface area contributed by atoms with Crippen LogP contribution in [0.5, 0.6) is 5.75 Å². The second-order valence-electron chi connectivity index (χ2n) is 7.73. The van der Waals surface area contributed by atoms with E-state index >= 15 is 0 Å². The molecule has 7 nitrogen and oxygen atoms in total. The predicted molar refractivity (Wildman–Crippen MR) is 130 cm³/mol. The monoisotopic (exact) mass is 457 g/mol. The number of amides is 1. The number of benzene rings is 3. The number of anilines is 1. The van der Waals surface area contributed by atoms with Gasteiger partial charge in [0.05, 0.1) is 13.2 Å². The maximum absolute atomic E-state index is 13.5. The molecule has 3 aromatic carbocycles. The van der Waals surface area contributed by atoms with Crippen molar-refractivity contribution in [3.8, 4) is 17.1 Å². The largest absolute Gasteiger partial charge is 0.497 e. The quantitative estimate of drug-likeness (QED) is 0.454. The van der Waals surface area contributed by atoms with E-state index in [1.54, 1.807) is 7.11 Å². The lowest BCUT2D eigenvalue weighted by atomic mass is 10.0. The highest BCUT2D eigenvalue weighted by molar-refractivity contribution is 8.00. The van der Waals surface area contributed by atoms with E-state index in [0.29, 0.717) is 11.0 Å². The van der Waals surface area contributed by atoms with Gasteiger partial charge in [-0.25, -0.2) is 4.68 Å². The van der Waals surface area contributed by atoms with Gasteiger partial charge in [-0.1, -0.05) is 72.4 Å². The van der Waals surface area contributed by atoms with Crippen LogP contribution < -0.4 is 15.5 Å². The normalized spacial score (nSPS) is 17.0. The van der Waals surface area contributed by atoms with Gasteiger partial charge < -0.3 is 15.5 Å². The van der Waals surface area contributed by atoms with Crippen LogP contribution in [0, 0.1) is 6.92 Å². The molecule has 8 heteroatoms. The minimum absolute atomic E-state index is 0.0990. The first-order valence-corrected chi connectivity index (χ1v) is 11.5. The van der Waals surface area contributed by atoms with Gasteiger partial charge in [0.25, 0.3) is 0 Å². The van der Waals surface area contributed by atoms with E-state index in [1.807, 2.05) is 90.5 Å². The van der Waals surface area contributed by atoms with E-state index in [9.17, 15) is 4.79 Å². The highest BCUT2D eigenvalue weighted by Gasteiger charge is 2.38. The van der Waals surface area contributed by atoms with Crippen LogP contribution in [0.2, 0.25) is 0 Å². The number of hydrogen-bond donors (Lipinski definition) is 2. The smallest absolute Gasteiger partial charge is 0.240 e. The standard InChI is InChI=1S/C25H23N5O2S/c1-16-8-6-7-11-20(16)26-24(31)22-21(17-12-14-19(32-2)15-13-17)29-30-23(27-28-25(30)33-22)18-9-4-3-5-10-18/h3-15,21-22,29H,1-2H3,(H,26,31)/t21-,22+/m0/s1. The molecule has 0 unspecified atom stereocenters. The Kier molecular flexibility index (Phi) is 5.75. The molecule has 0 saturated heterocycles. The zero-order chi connectivity index (χ0) is 22.8. The van der Waals surface area contributed by atoms with Gasteiger partial charge in [-0.2, -0.15) is 0 Å². The van der Waals surface area contributed by atoms with Gasteiger partial charge in [0.1, 0.15) is 11.0 Å². The van der Waals surface area contributed by atoms with E-state index < -0.39 is 5.25 Å². The zero-order valence-corrected chi connectivity index (χ0v) is 19.0. The van der Waals surface area contributed by atoms with E-state index in [2.05, 4.69) is 20.9 Å². The van der Waals surface area contributed by atoms with Crippen LogP contribution in [0.25, 0.3) is 11.4 Å². The van der Waals surface area contributed by atoms with Crippen molar-refractivity contribution in [3.63, 3.8) is 0 Å². The Bertz CT molecular complexity index is 1270. The lowest BCUT2D eigenvalue weighted by Gasteiger charge is -2.33. The fourth-order valence-corrected chi connectivity index (χ4v) is 4.89. The number of carbonyl (C=O) groups excluding carboxylic acids is 1. The Morgan fingerprint density at radius 1 is 1.00 bits per heavy atom. The highest BCUT2D eigenvalue weighted by atomic mass is 32.2. The topological polar surface area (TPSA) is 81.1 Å². The van der Waals surface area contributed by atoms with Gasteiger partial charge in [0.15, 0.2) is 5.82 Å². The number of ether oxygens (including phenoxy) is 1. The van der Waals surface area contributed by atoms with Crippen molar-refractivity contribution in [1.82, 2.24) is 14.9 Å². The van der Waals surface area contributed by atoms with Gasteiger partial charge >= 0.3 is 0 Å². The van der Waals surface area contributed by atoms with Gasteiger partial charge in [0, 0.05) is 11.3 Å². The first-order valence-electron chi connectivity index (χ1n) is 10.6. The van der Waals surface area contributed by atoms with Crippen LogP contribution in [0.4, 0.5) is 5.69 Å². The SMILES string of the molecule is COc1ccc([C@@H]2Nn3c(nnc3-c3ccccc3)S[C@H]2C(=O)Nc2ccccc2C)cc1. The molecule has 166 valence electrons. The van der Waals surface area contributed by atoms with Crippen LogP contribution in [0.15, 0.2) is 84.0 Å². The number of carbonyl (C=O) groups is 1. The van der Waals surface area contributed by atoms with Crippen molar-refractivity contribution in [3.05, 3.63) is 90.0 Å². The van der Waals surface area contributed by atoms with Crippen molar-refractivity contribution >= 4 is 23.4 Å². The lowest BCUT2D eigenvalue weighted by Crippen LogP contribution is -2.41. The third-order valence-electron chi connectivity index (χ3n) is 5.60. The zero-order valence-electron chi connectivity index (χ0n) is 18.2. The van der Waals surface area contributed by atoms with Crippen LogP contribution in [-0.4, -0.2) is 33.1 Å². The number of methoxy groups -OCH3 is 1. The minimum Gasteiger partial charge on any atom is -0.497 e. The number of para-hydroxylation sites is 1. The lowest BCUT2D eigenvalue weighted by molar-refractivity contribution is -0.116. The average Bonchev–Trinajstić information content (AvgIpc) is 3.28. The van der Waals surface area contributed by atoms with Gasteiger partial charge in [-0.05, 0) is 36.2 Å². The predicted octanol–water partition coefficient (Wildman–Crippen LogP) is 4.66. The van der Waals surface area contributed by atoms with E-state index in [0.717, 1.165) is 28.1 Å².